The van der Waals surface area contributed by atoms with Crippen molar-refractivity contribution in [2.24, 2.45) is 0 Å². The molecule has 0 aliphatic heterocycles. The fraction of sp³-hybridized carbons (Fsp3) is 0.333. The molecule has 1 aliphatic rings. The zero-order chi connectivity index (χ0) is 20.4. The van der Waals surface area contributed by atoms with Gasteiger partial charge in [-0.15, -0.1) is 0 Å². The van der Waals surface area contributed by atoms with Crippen LogP contribution in [0.1, 0.15) is 49.3 Å². The van der Waals surface area contributed by atoms with Crippen LogP contribution in [0.4, 0.5) is 5.69 Å². The van der Waals surface area contributed by atoms with Crippen molar-refractivity contribution in [3.05, 3.63) is 77.9 Å². The Bertz CT molecular complexity index is 1110. The Morgan fingerprint density at radius 1 is 0.966 bits per heavy atom. The van der Waals surface area contributed by atoms with Crippen molar-refractivity contribution in [3.8, 4) is 0 Å². The summed E-state index contributed by atoms with van der Waals surface area (Å²) in [5, 5.41) is 6.41. The van der Waals surface area contributed by atoms with Crippen LogP contribution in [0.5, 0.6) is 0 Å². The summed E-state index contributed by atoms with van der Waals surface area (Å²) < 4.78 is 25.6. The summed E-state index contributed by atoms with van der Waals surface area (Å²) in [4.78, 5) is 0. The van der Waals surface area contributed by atoms with Crippen LogP contribution in [0, 0.1) is 0 Å². The Balaban J connectivity index is 1.44. The van der Waals surface area contributed by atoms with Crippen LogP contribution >= 0.6 is 0 Å². The Hall–Kier alpha value is -2.37. The molecule has 152 valence electrons. The first-order valence-electron chi connectivity index (χ1n) is 10.2. The lowest BCUT2D eigenvalue weighted by molar-refractivity contribution is 0.459. The van der Waals surface area contributed by atoms with Gasteiger partial charge in [-0.2, -0.15) is 0 Å². The zero-order valence-electron chi connectivity index (χ0n) is 16.9. The SMILES string of the molecule is C[C@@H](NC1CCC(c2cccc(NS(C)(=O)=O)c2)C1)c1cccc2ccccc12. The molecule has 3 aromatic rings. The average Bonchev–Trinajstić information content (AvgIpc) is 3.15. The Morgan fingerprint density at radius 2 is 1.72 bits per heavy atom. The van der Waals surface area contributed by atoms with Gasteiger partial charge in [0.2, 0.25) is 10.0 Å². The van der Waals surface area contributed by atoms with Gasteiger partial charge in [0, 0.05) is 17.8 Å². The van der Waals surface area contributed by atoms with Crippen LogP contribution in [0.3, 0.4) is 0 Å². The Kier molecular flexibility index (Phi) is 5.61. The third-order valence-electron chi connectivity index (χ3n) is 5.87. The van der Waals surface area contributed by atoms with E-state index < -0.39 is 10.0 Å². The second-order valence-electron chi connectivity index (χ2n) is 8.16. The summed E-state index contributed by atoms with van der Waals surface area (Å²) in [6, 6.07) is 23.6. The predicted octanol–water partition coefficient (Wildman–Crippen LogP) is 5.20. The minimum absolute atomic E-state index is 0.281. The molecule has 4 nitrogen and oxygen atoms in total. The van der Waals surface area contributed by atoms with Crippen molar-refractivity contribution < 1.29 is 8.42 Å². The zero-order valence-corrected chi connectivity index (χ0v) is 17.7. The molecule has 4 rings (SSSR count). The van der Waals surface area contributed by atoms with Crippen LogP contribution in [-0.4, -0.2) is 20.7 Å². The molecule has 0 bridgehead atoms. The summed E-state index contributed by atoms with van der Waals surface area (Å²) in [5.74, 6) is 0.452. The van der Waals surface area contributed by atoms with E-state index in [1.54, 1.807) is 6.07 Å². The summed E-state index contributed by atoms with van der Waals surface area (Å²) in [6.45, 7) is 2.24. The number of nitrogens with one attached hydrogen (secondary N) is 2. The Morgan fingerprint density at radius 3 is 2.55 bits per heavy atom. The first kappa shape index (κ1) is 19.9. The van der Waals surface area contributed by atoms with Gasteiger partial charge in [-0.1, -0.05) is 54.6 Å². The summed E-state index contributed by atoms with van der Waals surface area (Å²) >= 11 is 0. The van der Waals surface area contributed by atoms with Gasteiger partial charge in [0.05, 0.1) is 6.26 Å². The quantitative estimate of drug-likeness (QED) is 0.589. The van der Waals surface area contributed by atoms with Crippen LogP contribution in [0.25, 0.3) is 10.8 Å². The predicted molar refractivity (Wildman–Crippen MR) is 121 cm³/mol. The van der Waals surface area contributed by atoms with E-state index >= 15 is 0 Å². The molecule has 1 saturated carbocycles. The molecule has 0 amide bonds. The van der Waals surface area contributed by atoms with Crippen molar-refractivity contribution in [2.75, 3.05) is 11.0 Å². The first-order chi connectivity index (χ1) is 13.9. The first-order valence-corrected chi connectivity index (χ1v) is 12.1. The number of anilines is 1. The molecule has 0 radical (unpaired) electrons. The topological polar surface area (TPSA) is 58.2 Å². The highest BCUT2D eigenvalue weighted by molar-refractivity contribution is 7.92. The number of sulfonamides is 1. The molecule has 2 N–H and O–H groups in total. The van der Waals surface area contributed by atoms with Gasteiger partial charge in [0.15, 0.2) is 0 Å². The maximum atomic E-state index is 11.5. The molecule has 5 heteroatoms. The monoisotopic (exact) mass is 408 g/mol. The maximum absolute atomic E-state index is 11.5. The molecule has 2 unspecified atom stereocenters. The normalized spacial score (nSPS) is 20.6. The van der Waals surface area contributed by atoms with E-state index in [2.05, 4.69) is 65.5 Å². The summed E-state index contributed by atoms with van der Waals surface area (Å²) in [5.41, 5.74) is 3.19. The van der Waals surface area contributed by atoms with E-state index in [1.807, 2.05) is 12.1 Å². The molecule has 1 fully saturated rings. The molecular weight excluding hydrogens is 380 g/mol. The largest absolute Gasteiger partial charge is 0.307 e. The van der Waals surface area contributed by atoms with E-state index in [0.717, 1.165) is 19.3 Å². The highest BCUT2D eigenvalue weighted by Crippen LogP contribution is 2.37. The van der Waals surface area contributed by atoms with Gasteiger partial charge in [0.25, 0.3) is 0 Å². The second-order valence-corrected chi connectivity index (χ2v) is 9.91. The minimum atomic E-state index is -3.26. The van der Waals surface area contributed by atoms with Crippen LogP contribution in [0.2, 0.25) is 0 Å². The van der Waals surface area contributed by atoms with E-state index in [-0.39, 0.29) is 6.04 Å². The molecule has 0 aromatic heterocycles. The minimum Gasteiger partial charge on any atom is -0.307 e. The van der Waals surface area contributed by atoms with Crippen LogP contribution < -0.4 is 10.0 Å². The molecule has 0 spiro atoms. The van der Waals surface area contributed by atoms with Gasteiger partial charge < -0.3 is 5.32 Å². The second kappa shape index (κ2) is 8.17. The summed E-state index contributed by atoms with van der Waals surface area (Å²) in [7, 11) is -3.26. The van der Waals surface area contributed by atoms with Gasteiger partial charge in [0.1, 0.15) is 0 Å². The lowest BCUT2D eigenvalue weighted by Crippen LogP contribution is -2.29. The molecule has 29 heavy (non-hydrogen) atoms. The lowest BCUT2D eigenvalue weighted by Gasteiger charge is -2.22. The van der Waals surface area contributed by atoms with Gasteiger partial charge in [-0.3, -0.25) is 4.72 Å². The molecule has 1 aliphatic carbocycles. The molecule has 3 aromatic carbocycles. The van der Waals surface area contributed by atoms with Crippen LogP contribution in [0.15, 0.2) is 66.7 Å². The smallest absolute Gasteiger partial charge is 0.229 e. The van der Waals surface area contributed by atoms with Crippen LogP contribution in [-0.2, 0) is 10.0 Å². The van der Waals surface area contributed by atoms with Crippen molar-refractivity contribution in [2.45, 2.75) is 44.2 Å². The number of hydrogen-bond acceptors (Lipinski definition) is 3. The number of rotatable bonds is 6. The van der Waals surface area contributed by atoms with E-state index in [9.17, 15) is 8.42 Å². The van der Waals surface area contributed by atoms with E-state index in [4.69, 9.17) is 0 Å². The fourth-order valence-electron chi connectivity index (χ4n) is 4.58. The maximum Gasteiger partial charge on any atom is 0.229 e. The highest BCUT2D eigenvalue weighted by Gasteiger charge is 2.27. The van der Waals surface area contributed by atoms with Crippen molar-refractivity contribution >= 4 is 26.5 Å². The number of hydrogen-bond donors (Lipinski definition) is 2. The molecule has 3 atom stereocenters. The number of fused-ring (bicyclic) bond motifs is 1. The van der Waals surface area contributed by atoms with E-state index in [1.165, 1.54) is 28.2 Å². The molecular formula is C24H28N2O2S. The average molecular weight is 409 g/mol. The van der Waals surface area contributed by atoms with Gasteiger partial charge in [-0.25, -0.2) is 8.42 Å². The number of benzene rings is 3. The summed E-state index contributed by atoms with van der Waals surface area (Å²) in [6.07, 6.45) is 4.49. The van der Waals surface area contributed by atoms with Crippen molar-refractivity contribution in [1.29, 1.82) is 0 Å². The molecule has 0 saturated heterocycles. The highest BCUT2D eigenvalue weighted by atomic mass is 32.2. The third-order valence-corrected chi connectivity index (χ3v) is 6.48. The van der Waals surface area contributed by atoms with Crippen molar-refractivity contribution in [1.82, 2.24) is 5.32 Å². The van der Waals surface area contributed by atoms with Crippen molar-refractivity contribution in [3.63, 3.8) is 0 Å². The van der Waals surface area contributed by atoms with E-state index in [0.29, 0.717) is 17.6 Å². The fourth-order valence-corrected chi connectivity index (χ4v) is 5.13. The third kappa shape index (κ3) is 4.80. The van der Waals surface area contributed by atoms with Gasteiger partial charge in [-0.05, 0) is 66.1 Å². The standard InChI is InChI=1S/C24H28N2O2S/c1-17(23-12-6-8-18-7-3-4-11-24(18)23)25-21-14-13-20(15-21)19-9-5-10-22(16-19)26-29(2,27)28/h3-12,16-17,20-21,25-26H,13-15H2,1-2H3/t17-,20?,21?/m1/s1. The Labute approximate surface area is 173 Å². The molecule has 0 heterocycles. The lowest BCUT2D eigenvalue weighted by atomic mass is 9.96. The van der Waals surface area contributed by atoms with Gasteiger partial charge >= 0.3 is 0 Å².